The van der Waals surface area contributed by atoms with Crippen LogP contribution in [0.5, 0.6) is 5.88 Å². The molecule has 0 amide bonds. The number of aromatic nitrogens is 2. The summed E-state index contributed by atoms with van der Waals surface area (Å²) in [6.45, 7) is 2.75. The van der Waals surface area contributed by atoms with Gasteiger partial charge in [0.05, 0.1) is 5.52 Å². The van der Waals surface area contributed by atoms with Crippen molar-refractivity contribution in [2.45, 2.75) is 39.0 Å². The van der Waals surface area contributed by atoms with Crippen LogP contribution in [0.4, 0.5) is 10.7 Å². The van der Waals surface area contributed by atoms with E-state index in [-0.39, 0.29) is 11.7 Å². The average molecular weight is 396 g/mol. The second-order valence-corrected chi connectivity index (χ2v) is 8.23. The minimum absolute atomic E-state index is 0.105. The van der Waals surface area contributed by atoms with Crippen LogP contribution in [0.15, 0.2) is 30.3 Å². The number of aryl methyl sites for hydroxylation is 1. The summed E-state index contributed by atoms with van der Waals surface area (Å²) >= 11 is 1.16. The minimum Gasteiger partial charge on any atom is -0.492 e. The molecule has 0 spiro atoms. The smallest absolute Gasteiger partial charge is 0.236 e. The number of amidine groups is 1. The fourth-order valence-corrected chi connectivity index (χ4v) is 4.47. The molecule has 0 atom stereocenters. The van der Waals surface area contributed by atoms with Crippen molar-refractivity contribution < 1.29 is 5.11 Å². The van der Waals surface area contributed by atoms with E-state index in [1.165, 1.54) is 32.1 Å². The predicted octanol–water partition coefficient (Wildman–Crippen LogP) is 4.94. The Morgan fingerprint density at radius 1 is 1.21 bits per heavy atom. The predicted molar refractivity (Wildman–Crippen MR) is 115 cm³/mol. The second-order valence-electron chi connectivity index (χ2n) is 7.46. The Morgan fingerprint density at radius 3 is 2.86 bits per heavy atom. The number of hydrogen-bond acceptors (Lipinski definition) is 6. The molecule has 1 saturated carbocycles. The second kappa shape index (κ2) is 8.14. The first-order valence-electron chi connectivity index (χ1n) is 9.76. The molecule has 0 saturated heterocycles. The standard InChI is InChI=1S/C21H25N5OS/c1-13-7-8-15-11-16(9-10-17(15)24-13)25-21-18(20(27)26-28-21)19(22)23-12-14-5-3-2-4-6-14/h7-11,14,25H,2-6,12H2,1H3,(H2,22,23)(H,26,27). The maximum Gasteiger partial charge on any atom is 0.236 e. The summed E-state index contributed by atoms with van der Waals surface area (Å²) in [6, 6.07) is 9.97. The van der Waals surface area contributed by atoms with Crippen molar-refractivity contribution in [1.29, 1.82) is 5.41 Å². The molecule has 0 unspecified atom stereocenters. The van der Waals surface area contributed by atoms with Gasteiger partial charge in [-0.3, -0.25) is 10.4 Å². The van der Waals surface area contributed by atoms with Crippen LogP contribution in [0.3, 0.4) is 0 Å². The van der Waals surface area contributed by atoms with Gasteiger partial charge in [0, 0.05) is 23.3 Å². The van der Waals surface area contributed by atoms with Crippen molar-refractivity contribution in [3.8, 4) is 5.88 Å². The Balaban J connectivity index is 1.49. The largest absolute Gasteiger partial charge is 0.492 e. The van der Waals surface area contributed by atoms with Gasteiger partial charge in [-0.15, -0.1) is 0 Å². The average Bonchev–Trinajstić information content (AvgIpc) is 3.07. The van der Waals surface area contributed by atoms with Gasteiger partial charge in [-0.1, -0.05) is 25.3 Å². The third-order valence-corrected chi connectivity index (χ3v) is 6.06. The Hall–Kier alpha value is -2.67. The van der Waals surface area contributed by atoms with E-state index in [4.69, 9.17) is 5.41 Å². The number of nitrogens with one attached hydrogen (secondary N) is 3. The monoisotopic (exact) mass is 395 g/mol. The number of pyridine rings is 1. The van der Waals surface area contributed by atoms with Crippen LogP contribution in [0.2, 0.25) is 0 Å². The number of benzene rings is 1. The molecule has 146 valence electrons. The summed E-state index contributed by atoms with van der Waals surface area (Å²) in [5, 5.41) is 26.8. The highest BCUT2D eigenvalue weighted by atomic mass is 32.1. The Kier molecular flexibility index (Phi) is 5.43. The molecule has 0 bridgehead atoms. The van der Waals surface area contributed by atoms with Gasteiger partial charge in [-0.2, -0.15) is 4.37 Å². The summed E-state index contributed by atoms with van der Waals surface area (Å²) in [5.41, 5.74) is 3.24. The molecule has 4 rings (SSSR count). The first kappa shape index (κ1) is 18.7. The molecule has 1 aromatic carbocycles. The highest BCUT2D eigenvalue weighted by Crippen LogP contribution is 2.33. The van der Waals surface area contributed by atoms with Crippen molar-refractivity contribution in [1.82, 2.24) is 14.7 Å². The molecule has 1 aliphatic rings. The highest BCUT2D eigenvalue weighted by Gasteiger charge is 2.20. The lowest BCUT2D eigenvalue weighted by Crippen LogP contribution is -2.30. The lowest BCUT2D eigenvalue weighted by molar-refractivity contribution is 0.356. The fraction of sp³-hybridized carbons (Fsp3) is 0.381. The van der Waals surface area contributed by atoms with Crippen LogP contribution < -0.4 is 10.6 Å². The molecule has 2 heterocycles. The van der Waals surface area contributed by atoms with E-state index in [9.17, 15) is 5.11 Å². The molecule has 0 aliphatic heterocycles. The quantitative estimate of drug-likeness (QED) is 0.362. The molecule has 0 radical (unpaired) electrons. The third kappa shape index (κ3) is 4.09. The summed E-state index contributed by atoms with van der Waals surface area (Å²) in [7, 11) is 0. The topological polar surface area (TPSA) is 93.9 Å². The number of aromatic hydroxyl groups is 1. The number of nitrogens with zero attached hydrogens (tertiary/aromatic N) is 2. The molecule has 1 aliphatic carbocycles. The Bertz CT molecular complexity index is 994. The zero-order valence-corrected chi connectivity index (χ0v) is 16.8. The molecule has 1 fully saturated rings. The zero-order valence-electron chi connectivity index (χ0n) is 16.0. The molecule has 28 heavy (non-hydrogen) atoms. The number of hydrogen-bond donors (Lipinski definition) is 4. The van der Waals surface area contributed by atoms with Crippen molar-refractivity contribution in [2.75, 3.05) is 11.9 Å². The normalized spacial score (nSPS) is 14.9. The number of rotatable bonds is 5. The van der Waals surface area contributed by atoms with E-state index in [0.717, 1.165) is 40.4 Å². The first-order valence-corrected chi connectivity index (χ1v) is 10.5. The van der Waals surface area contributed by atoms with E-state index < -0.39 is 0 Å². The van der Waals surface area contributed by atoms with Crippen molar-refractivity contribution in [2.24, 2.45) is 5.92 Å². The zero-order chi connectivity index (χ0) is 19.5. The Morgan fingerprint density at radius 2 is 2.04 bits per heavy atom. The van der Waals surface area contributed by atoms with Crippen molar-refractivity contribution in [3.63, 3.8) is 0 Å². The molecule has 3 aromatic rings. The molecule has 7 heteroatoms. The van der Waals surface area contributed by atoms with E-state index in [0.29, 0.717) is 16.5 Å². The van der Waals surface area contributed by atoms with Gasteiger partial charge in [0.25, 0.3) is 0 Å². The van der Waals surface area contributed by atoms with E-state index in [1.54, 1.807) is 0 Å². The minimum atomic E-state index is -0.105. The van der Waals surface area contributed by atoms with E-state index >= 15 is 0 Å². The van der Waals surface area contributed by atoms with Gasteiger partial charge >= 0.3 is 0 Å². The number of anilines is 2. The fourth-order valence-electron chi connectivity index (χ4n) is 3.75. The summed E-state index contributed by atoms with van der Waals surface area (Å²) in [6.07, 6.45) is 6.29. The van der Waals surface area contributed by atoms with Gasteiger partial charge in [-0.05, 0) is 61.5 Å². The SMILES string of the molecule is Cc1ccc2cc(Nc3snc(O)c3C(=N)NCC3CCCCC3)ccc2n1. The van der Waals surface area contributed by atoms with Gasteiger partial charge < -0.3 is 15.7 Å². The van der Waals surface area contributed by atoms with E-state index in [2.05, 4.69) is 20.0 Å². The van der Waals surface area contributed by atoms with Crippen molar-refractivity contribution in [3.05, 3.63) is 41.6 Å². The molecular weight excluding hydrogens is 370 g/mol. The summed E-state index contributed by atoms with van der Waals surface area (Å²) in [4.78, 5) is 4.52. The van der Waals surface area contributed by atoms with Crippen LogP contribution in [-0.2, 0) is 0 Å². The van der Waals surface area contributed by atoms with Crippen LogP contribution in [0.25, 0.3) is 10.9 Å². The summed E-state index contributed by atoms with van der Waals surface area (Å²) in [5.74, 6) is 0.722. The first-order chi connectivity index (χ1) is 13.6. The van der Waals surface area contributed by atoms with Gasteiger partial charge in [-0.25, -0.2) is 0 Å². The van der Waals surface area contributed by atoms with Crippen molar-refractivity contribution >= 4 is 39.0 Å². The van der Waals surface area contributed by atoms with Crippen LogP contribution in [0.1, 0.15) is 43.4 Å². The third-order valence-electron chi connectivity index (χ3n) is 5.30. The molecular formula is C21H25N5OS. The summed E-state index contributed by atoms with van der Waals surface area (Å²) < 4.78 is 4.04. The number of fused-ring (bicyclic) bond motifs is 1. The lowest BCUT2D eigenvalue weighted by atomic mass is 9.89. The molecule has 6 nitrogen and oxygen atoms in total. The molecule has 4 N–H and O–H groups in total. The lowest BCUT2D eigenvalue weighted by Gasteiger charge is -2.22. The van der Waals surface area contributed by atoms with Gasteiger partial charge in [0.15, 0.2) is 0 Å². The molecule has 2 aromatic heterocycles. The Labute approximate surface area is 168 Å². The van der Waals surface area contributed by atoms with Crippen LogP contribution in [0, 0.1) is 18.3 Å². The maximum atomic E-state index is 10.2. The van der Waals surface area contributed by atoms with Crippen LogP contribution in [-0.4, -0.2) is 26.8 Å². The van der Waals surface area contributed by atoms with Crippen LogP contribution >= 0.6 is 11.5 Å². The van der Waals surface area contributed by atoms with Gasteiger partial charge in [0.2, 0.25) is 5.88 Å². The highest BCUT2D eigenvalue weighted by molar-refractivity contribution is 7.11. The maximum absolute atomic E-state index is 10.2. The van der Waals surface area contributed by atoms with Gasteiger partial charge in [0.1, 0.15) is 16.4 Å². The van der Waals surface area contributed by atoms with E-state index in [1.807, 2.05) is 37.3 Å².